The van der Waals surface area contributed by atoms with E-state index in [0.29, 0.717) is 5.56 Å². The topological polar surface area (TPSA) is 229 Å². The molecule has 0 saturated carbocycles. The van der Waals surface area contributed by atoms with E-state index in [1.165, 1.54) is 44.3 Å². The summed E-state index contributed by atoms with van der Waals surface area (Å²) in [7, 11) is 0. The summed E-state index contributed by atoms with van der Waals surface area (Å²) in [6.45, 7) is 2.81. The van der Waals surface area contributed by atoms with Crippen LogP contribution in [0, 0.1) is 0 Å². The van der Waals surface area contributed by atoms with Crippen molar-refractivity contribution in [2.75, 3.05) is 18.4 Å². The number of hydrogen-bond donors (Lipinski definition) is 6. The van der Waals surface area contributed by atoms with Crippen molar-refractivity contribution in [3.05, 3.63) is 42.0 Å². The van der Waals surface area contributed by atoms with Crippen LogP contribution >= 0.6 is 0 Å². The number of imide groups is 1. The Bertz CT molecular complexity index is 1180. The Morgan fingerprint density at radius 2 is 1.59 bits per heavy atom. The summed E-state index contributed by atoms with van der Waals surface area (Å²) in [6.07, 6.45) is 2.83. The number of carboxylic acid groups (broad SMARTS) is 1. The fourth-order valence-corrected chi connectivity index (χ4v) is 3.08. The van der Waals surface area contributed by atoms with E-state index < -0.39 is 66.1 Å². The summed E-state index contributed by atoms with van der Waals surface area (Å²) in [5.74, 6) is -4.41. The number of nitrogens with one attached hydrogen (secondary N) is 4. The molecule has 3 unspecified atom stereocenters. The van der Waals surface area contributed by atoms with Crippen molar-refractivity contribution in [1.29, 1.82) is 0 Å². The van der Waals surface area contributed by atoms with Gasteiger partial charge >= 0.3 is 12.0 Å². The number of aliphatic carboxylic acids is 1. The van der Waals surface area contributed by atoms with E-state index >= 15 is 0 Å². The second-order valence-electron chi connectivity index (χ2n) is 8.44. The van der Waals surface area contributed by atoms with Crippen LogP contribution in [0.4, 0.5) is 10.5 Å². The highest BCUT2D eigenvalue weighted by atomic mass is 16.4. The minimum absolute atomic E-state index is 0.00407. The first-order chi connectivity index (χ1) is 18.4. The van der Waals surface area contributed by atoms with E-state index in [-0.39, 0.29) is 18.8 Å². The Balaban J connectivity index is 1.89. The third-order valence-corrected chi connectivity index (χ3v) is 5.20. The van der Waals surface area contributed by atoms with Gasteiger partial charge in [-0.3, -0.25) is 33.7 Å². The van der Waals surface area contributed by atoms with Gasteiger partial charge in [0, 0.05) is 37.1 Å². The molecule has 0 bridgehead atoms. The fraction of sp³-hybridized carbons (Fsp3) is 0.333. The molecule has 1 aliphatic rings. The molecule has 2 rings (SSSR count). The van der Waals surface area contributed by atoms with Gasteiger partial charge in [-0.25, -0.2) is 9.79 Å². The van der Waals surface area contributed by atoms with Crippen molar-refractivity contribution < 1.29 is 38.7 Å². The molecule has 1 heterocycles. The predicted octanol–water partition coefficient (Wildman–Crippen LogP) is -1.51. The minimum atomic E-state index is -1.43. The van der Waals surface area contributed by atoms with Gasteiger partial charge in [0.2, 0.25) is 17.7 Å². The monoisotopic (exact) mass is 543 g/mol. The average molecular weight is 544 g/mol. The van der Waals surface area contributed by atoms with Crippen LogP contribution in [-0.2, 0) is 28.8 Å². The van der Waals surface area contributed by atoms with Gasteiger partial charge in [0.15, 0.2) is 0 Å². The number of carbonyl (C=O) groups is 7. The molecule has 7 amide bonds. The number of anilines is 1. The lowest BCUT2D eigenvalue weighted by molar-refractivity contribution is -0.140. The summed E-state index contributed by atoms with van der Waals surface area (Å²) in [5.41, 5.74) is 6.21. The van der Waals surface area contributed by atoms with Crippen LogP contribution in [0.25, 0.3) is 0 Å². The normalized spacial score (nSPS) is 15.0. The molecule has 3 atom stereocenters. The van der Waals surface area contributed by atoms with Crippen molar-refractivity contribution in [2.45, 2.75) is 38.4 Å². The first kappa shape index (κ1) is 30.3. The van der Waals surface area contributed by atoms with E-state index in [9.17, 15) is 33.6 Å². The summed E-state index contributed by atoms with van der Waals surface area (Å²) in [5, 5.41) is 18.7. The Hall–Kier alpha value is -4.92. The number of nitrogens with two attached hydrogens (primary N) is 1. The predicted molar refractivity (Wildman–Crippen MR) is 137 cm³/mol. The number of carboxylic acids is 1. The summed E-state index contributed by atoms with van der Waals surface area (Å²) < 4.78 is 0. The van der Waals surface area contributed by atoms with Gasteiger partial charge < -0.3 is 32.1 Å². The first-order valence-electron chi connectivity index (χ1n) is 11.7. The van der Waals surface area contributed by atoms with Crippen molar-refractivity contribution in [3.8, 4) is 0 Å². The third kappa shape index (κ3) is 9.81. The number of carbonyl (C=O) groups excluding carboxylic acids is 6. The highest BCUT2D eigenvalue weighted by Crippen LogP contribution is 2.10. The summed E-state index contributed by atoms with van der Waals surface area (Å²) in [4.78, 5) is 87.4. The van der Waals surface area contributed by atoms with E-state index in [4.69, 9.17) is 10.8 Å². The molecule has 0 spiro atoms. The Morgan fingerprint density at radius 1 is 0.974 bits per heavy atom. The van der Waals surface area contributed by atoms with Gasteiger partial charge in [-0.1, -0.05) is 12.1 Å². The van der Waals surface area contributed by atoms with Crippen LogP contribution in [0.3, 0.4) is 0 Å². The second kappa shape index (κ2) is 14.1. The number of amides is 7. The van der Waals surface area contributed by atoms with Gasteiger partial charge in [0.25, 0.3) is 11.8 Å². The fourth-order valence-electron chi connectivity index (χ4n) is 3.08. The highest BCUT2D eigenvalue weighted by molar-refractivity contribution is 6.12. The molecule has 0 radical (unpaired) electrons. The molecule has 208 valence electrons. The van der Waals surface area contributed by atoms with Crippen molar-refractivity contribution in [2.24, 2.45) is 10.7 Å². The van der Waals surface area contributed by atoms with Gasteiger partial charge in [-0.2, -0.15) is 0 Å². The molecular weight excluding hydrogens is 514 g/mol. The van der Waals surface area contributed by atoms with Crippen LogP contribution in [0.5, 0.6) is 0 Å². The third-order valence-electron chi connectivity index (χ3n) is 5.20. The molecule has 0 fully saturated rings. The van der Waals surface area contributed by atoms with Gasteiger partial charge in [-0.05, 0) is 31.5 Å². The van der Waals surface area contributed by atoms with Crippen molar-refractivity contribution in [1.82, 2.24) is 20.9 Å². The molecule has 39 heavy (non-hydrogen) atoms. The van der Waals surface area contributed by atoms with E-state index in [0.717, 1.165) is 17.1 Å². The zero-order valence-corrected chi connectivity index (χ0v) is 21.2. The van der Waals surface area contributed by atoms with Crippen LogP contribution in [0.15, 0.2) is 41.4 Å². The number of hydrogen-bond acceptors (Lipinski definition) is 8. The largest absolute Gasteiger partial charge is 0.481 e. The van der Waals surface area contributed by atoms with Crippen LogP contribution in [0.1, 0.15) is 25.8 Å². The highest BCUT2D eigenvalue weighted by Gasteiger charge is 2.27. The number of benzene rings is 1. The van der Waals surface area contributed by atoms with E-state index in [1.807, 2.05) is 0 Å². The molecule has 1 aromatic rings. The van der Waals surface area contributed by atoms with Crippen LogP contribution in [-0.4, -0.2) is 89.0 Å². The van der Waals surface area contributed by atoms with Crippen molar-refractivity contribution in [3.63, 3.8) is 0 Å². The van der Waals surface area contributed by atoms with Gasteiger partial charge in [0.1, 0.15) is 12.1 Å². The van der Waals surface area contributed by atoms with E-state index in [2.05, 4.69) is 26.3 Å². The maximum Gasteiger partial charge on any atom is 0.340 e. The maximum atomic E-state index is 12.6. The standard InChI is InChI=1S/C24H29N7O8/c1-13(25)21(36)28-14(2)22(37)30-17(11-20(34)35)23(38)29-16-5-3-15(4-6-16)12-27-24(39)26-9-10-31-18(32)7-8-19(31)33/h3-8,12-14,17H,9-11,25H2,1-2H3,(H,26,39)(H,28,36)(H,29,38)(H,30,37)(H,34,35). The Kier molecular flexibility index (Phi) is 11.0. The van der Waals surface area contributed by atoms with Crippen LogP contribution < -0.4 is 27.0 Å². The molecule has 0 aliphatic carbocycles. The lowest BCUT2D eigenvalue weighted by atomic mass is 10.1. The lowest BCUT2D eigenvalue weighted by Crippen LogP contribution is -2.54. The summed E-state index contributed by atoms with van der Waals surface area (Å²) in [6, 6.07) is 1.93. The lowest BCUT2D eigenvalue weighted by Gasteiger charge is -2.20. The van der Waals surface area contributed by atoms with Crippen molar-refractivity contribution >= 4 is 53.4 Å². The molecule has 15 nitrogen and oxygen atoms in total. The average Bonchev–Trinajstić information content (AvgIpc) is 3.19. The van der Waals surface area contributed by atoms with Gasteiger partial charge in [-0.15, -0.1) is 0 Å². The van der Waals surface area contributed by atoms with Crippen LogP contribution in [0.2, 0.25) is 0 Å². The number of rotatable bonds is 12. The molecule has 7 N–H and O–H groups in total. The molecular formula is C24H29N7O8. The number of aliphatic imine (C=N–C) groups is 1. The molecule has 1 aliphatic heterocycles. The quantitative estimate of drug-likeness (QED) is 0.133. The second-order valence-corrected chi connectivity index (χ2v) is 8.44. The summed E-state index contributed by atoms with van der Waals surface area (Å²) >= 11 is 0. The smallest absolute Gasteiger partial charge is 0.340 e. The Labute approximate surface area is 222 Å². The maximum absolute atomic E-state index is 12.6. The molecule has 0 aromatic heterocycles. The minimum Gasteiger partial charge on any atom is -0.481 e. The molecule has 0 saturated heterocycles. The molecule has 15 heteroatoms. The zero-order chi connectivity index (χ0) is 29.1. The zero-order valence-electron chi connectivity index (χ0n) is 21.2. The van der Waals surface area contributed by atoms with E-state index in [1.54, 1.807) is 0 Å². The van der Waals surface area contributed by atoms with Gasteiger partial charge in [0.05, 0.1) is 12.5 Å². The SMILES string of the molecule is CC(N)C(=O)NC(C)C(=O)NC(CC(=O)O)C(=O)Nc1ccc(C=NC(=O)NCCN2C(=O)C=CC2=O)cc1. The first-order valence-corrected chi connectivity index (χ1v) is 11.7. The Morgan fingerprint density at radius 3 is 2.15 bits per heavy atom. The number of urea groups is 1. The number of nitrogens with zero attached hydrogens (tertiary/aromatic N) is 2. The molecule has 1 aromatic carbocycles.